The summed E-state index contributed by atoms with van der Waals surface area (Å²) in [7, 11) is 1.24. The van der Waals surface area contributed by atoms with Crippen molar-refractivity contribution in [3.8, 4) is 0 Å². The summed E-state index contributed by atoms with van der Waals surface area (Å²) in [6.45, 7) is 2.64. The van der Waals surface area contributed by atoms with Gasteiger partial charge in [0.1, 0.15) is 0 Å². The highest BCUT2D eigenvalue weighted by Gasteiger charge is 2.31. The Bertz CT molecular complexity index is 136. The van der Waals surface area contributed by atoms with Crippen LogP contribution in [0.1, 0.15) is 13.3 Å². The predicted molar refractivity (Wildman–Crippen MR) is 43.0 cm³/mol. The number of hydrogen-bond acceptors (Lipinski definition) is 2. The quantitative estimate of drug-likeness (QED) is 0.417. The van der Waals surface area contributed by atoms with Crippen molar-refractivity contribution in [1.82, 2.24) is 0 Å². The van der Waals surface area contributed by atoms with Gasteiger partial charge in [0.15, 0.2) is 0 Å². The molecule has 1 saturated heterocycles. The van der Waals surface area contributed by atoms with Gasteiger partial charge in [0, 0.05) is 16.2 Å². The second-order valence-electron chi connectivity index (χ2n) is 2.97. The lowest BCUT2D eigenvalue weighted by atomic mass is 9.95. The van der Waals surface area contributed by atoms with Crippen molar-refractivity contribution in [2.24, 2.45) is 11.8 Å². The van der Waals surface area contributed by atoms with E-state index in [9.17, 15) is 4.79 Å². The zero-order chi connectivity index (χ0) is 7.56. The van der Waals surface area contributed by atoms with Gasteiger partial charge in [-0.3, -0.25) is 4.79 Å². The van der Waals surface area contributed by atoms with E-state index in [1.54, 1.807) is 0 Å². The van der Waals surface area contributed by atoms with Crippen molar-refractivity contribution in [3.63, 3.8) is 0 Å². The molecule has 0 aromatic heterocycles. The number of rotatable bonds is 2. The topological polar surface area (TPSA) is 26.3 Å². The first kappa shape index (κ1) is 7.79. The number of carbonyl (C=O) groups is 1. The van der Waals surface area contributed by atoms with Gasteiger partial charge in [0.2, 0.25) is 0 Å². The monoisotopic (exact) mass is 158 g/mol. The highest BCUT2D eigenvalue weighted by molar-refractivity contribution is 6.08. The van der Waals surface area contributed by atoms with E-state index in [-0.39, 0.29) is 11.9 Å². The summed E-state index contributed by atoms with van der Waals surface area (Å²) < 4.78 is 4.91. The predicted octanol–water partition coefficient (Wildman–Crippen LogP) is -0.0307. The first-order chi connectivity index (χ1) is 4.75. The summed E-state index contributed by atoms with van der Waals surface area (Å²) in [5.74, 6) is 0.680. The van der Waals surface area contributed by atoms with Crippen LogP contribution in [0.3, 0.4) is 0 Å². The number of esters is 1. The lowest BCUT2D eigenvalue weighted by Crippen LogP contribution is -2.11. The standard InChI is InChI=1S/C7H14O2Si/c1-5-6(2-3-10)4-9-7(5)8/h5-6H,2-4H2,1,10H3. The van der Waals surface area contributed by atoms with Gasteiger partial charge in [-0.2, -0.15) is 0 Å². The minimum atomic E-state index is 0.000108. The molecule has 0 saturated carbocycles. The van der Waals surface area contributed by atoms with E-state index < -0.39 is 0 Å². The van der Waals surface area contributed by atoms with Crippen molar-refractivity contribution >= 4 is 16.2 Å². The number of hydrogen-bond donors (Lipinski definition) is 0. The molecule has 1 rings (SSSR count). The van der Waals surface area contributed by atoms with Crippen LogP contribution >= 0.6 is 0 Å². The number of ether oxygens (including phenoxy) is 1. The van der Waals surface area contributed by atoms with Crippen molar-refractivity contribution in [3.05, 3.63) is 0 Å². The lowest BCUT2D eigenvalue weighted by Gasteiger charge is -2.06. The largest absolute Gasteiger partial charge is 0.465 e. The van der Waals surface area contributed by atoms with E-state index in [0.29, 0.717) is 12.5 Å². The van der Waals surface area contributed by atoms with Gasteiger partial charge in [-0.15, -0.1) is 0 Å². The molecule has 2 atom stereocenters. The molecule has 2 nitrogen and oxygen atoms in total. The Kier molecular flexibility index (Phi) is 2.48. The highest BCUT2D eigenvalue weighted by Crippen LogP contribution is 2.25. The zero-order valence-corrected chi connectivity index (χ0v) is 8.59. The summed E-state index contributed by atoms with van der Waals surface area (Å²) in [4.78, 5) is 10.8. The maximum absolute atomic E-state index is 10.8. The van der Waals surface area contributed by atoms with Crippen molar-refractivity contribution in [2.75, 3.05) is 6.61 Å². The third-order valence-electron chi connectivity index (χ3n) is 2.18. The average Bonchev–Trinajstić information content (AvgIpc) is 2.20. The Labute approximate surface area is 64.4 Å². The Hall–Kier alpha value is -0.313. The van der Waals surface area contributed by atoms with Crippen LogP contribution in [0, 0.1) is 11.8 Å². The van der Waals surface area contributed by atoms with E-state index >= 15 is 0 Å². The Morgan fingerprint density at radius 2 is 2.50 bits per heavy atom. The molecule has 1 aliphatic heterocycles. The third kappa shape index (κ3) is 1.40. The van der Waals surface area contributed by atoms with Crippen LogP contribution in [-0.4, -0.2) is 22.8 Å². The summed E-state index contributed by atoms with van der Waals surface area (Å²) >= 11 is 0. The molecule has 0 aromatic carbocycles. The van der Waals surface area contributed by atoms with Crippen LogP contribution in [0.15, 0.2) is 0 Å². The molecule has 1 fully saturated rings. The Morgan fingerprint density at radius 3 is 2.90 bits per heavy atom. The van der Waals surface area contributed by atoms with Gasteiger partial charge < -0.3 is 4.74 Å². The average molecular weight is 158 g/mol. The van der Waals surface area contributed by atoms with E-state index in [1.165, 1.54) is 22.7 Å². The van der Waals surface area contributed by atoms with Crippen LogP contribution in [0.25, 0.3) is 0 Å². The minimum Gasteiger partial charge on any atom is -0.465 e. The normalized spacial score (nSPS) is 32.7. The van der Waals surface area contributed by atoms with Gasteiger partial charge in [-0.05, 0) is 6.42 Å². The molecule has 2 unspecified atom stereocenters. The van der Waals surface area contributed by atoms with Crippen molar-refractivity contribution in [1.29, 1.82) is 0 Å². The molecule has 0 spiro atoms. The first-order valence-corrected chi connectivity index (χ1v) is 5.33. The van der Waals surface area contributed by atoms with Crippen LogP contribution in [0.2, 0.25) is 6.04 Å². The Morgan fingerprint density at radius 1 is 1.80 bits per heavy atom. The van der Waals surface area contributed by atoms with E-state index in [1.807, 2.05) is 6.92 Å². The summed E-state index contributed by atoms with van der Waals surface area (Å²) in [5, 5.41) is 0. The van der Waals surface area contributed by atoms with Crippen molar-refractivity contribution < 1.29 is 9.53 Å². The third-order valence-corrected chi connectivity index (χ3v) is 2.76. The molecule has 0 aromatic rings. The SMILES string of the molecule is CC1C(=O)OCC1CC[SiH3]. The molecular weight excluding hydrogens is 144 g/mol. The second kappa shape index (κ2) is 3.19. The fraction of sp³-hybridized carbons (Fsp3) is 0.857. The molecule has 10 heavy (non-hydrogen) atoms. The molecule has 3 heteroatoms. The molecule has 0 N–H and O–H groups in total. The van der Waals surface area contributed by atoms with E-state index in [2.05, 4.69) is 0 Å². The summed E-state index contributed by atoms with van der Waals surface area (Å²) in [5.41, 5.74) is 0. The Balaban J connectivity index is 2.41. The van der Waals surface area contributed by atoms with E-state index in [4.69, 9.17) is 4.74 Å². The van der Waals surface area contributed by atoms with Crippen LogP contribution < -0.4 is 0 Å². The molecule has 0 amide bonds. The summed E-state index contributed by atoms with van der Waals surface area (Å²) in [6, 6.07) is 1.28. The molecule has 0 radical (unpaired) electrons. The second-order valence-corrected chi connectivity index (χ2v) is 3.97. The molecular formula is C7H14O2Si. The van der Waals surface area contributed by atoms with Gasteiger partial charge in [-0.1, -0.05) is 13.0 Å². The van der Waals surface area contributed by atoms with Crippen LogP contribution in [0.5, 0.6) is 0 Å². The minimum absolute atomic E-state index is 0.000108. The molecule has 0 bridgehead atoms. The number of carbonyl (C=O) groups excluding carboxylic acids is 1. The smallest absolute Gasteiger partial charge is 0.309 e. The highest BCUT2D eigenvalue weighted by atomic mass is 28.1. The summed E-state index contributed by atoms with van der Waals surface area (Å²) in [6.07, 6.45) is 1.18. The van der Waals surface area contributed by atoms with Crippen LogP contribution in [0.4, 0.5) is 0 Å². The molecule has 0 aliphatic carbocycles. The van der Waals surface area contributed by atoms with Gasteiger partial charge in [-0.25, -0.2) is 0 Å². The fourth-order valence-electron chi connectivity index (χ4n) is 1.36. The van der Waals surface area contributed by atoms with Gasteiger partial charge >= 0.3 is 5.97 Å². The molecule has 58 valence electrons. The lowest BCUT2D eigenvalue weighted by molar-refractivity contribution is -0.140. The fourth-order valence-corrected chi connectivity index (χ4v) is 2.10. The maximum Gasteiger partial charge on any atom is 0.309 e. The number of cyclic esters (lactones) is 1. The van der Waals surface area contributed by atoms with Gasteiger partial charge in [0.25, 0.3) is 0 Å². The van der Waals surface area contributed by atoms with Gasteiger partial charge in [0.05, 0.1) is 12.5 Å². The molecule has 1 aliphatic rings. The first-order valence-electron chi connectivity index (χ1n) is 3.92. The maximum atomic E-state index is 10.8. The van der Waals surface area contributed by atoms with Crippen LogP contribution in [-0.2, 0) is 9.53 Å². The van der Waals surface area contributed by atoms with E-state index in [0.717, 1.165) is 0 Å². The molecule has 1 heterocycles. The zero-order valence-electron chi connectivity index (χ0n) is 6.59. The van der Waals surface area contributed by atoms with Crippen molar-refractivity contribution in [2.45, 2.75) is 19.4 Å².